The molecule has 0 radical (unpaired) electrons. The van der Waals surface area contributed by atoms with E-state index in [1.54, 1.807) is 0 Å². The lowest BCUT2D eigenvalue weighted by molar-refractivity contribution is -0.315. The Hall–Kier alpha value is -1.69. The van der Waals surface area contributed by atoms with E-state index < -0.39 is 104 Å². The van der Waals surface area contributed by atoms with Crippen LogP contribution in [0.4, 0.5) is 4.39 Å². The van der Waals surface area contributed by atoms with Gasteiger partial charge in [0.2, 0.25) is 0 Å². The monoisotopic (exact) mass is 695 g/mol. The molecule has 0 spiro atoms. The second kappa shape index (κ2) is 18.0. The summed E-state index contributed by atoms with van der Waals surface area (Å²) in [6.45, 7) is 0.798. The third-order valence-corrected chi connectivity index (χ3v) is 9.52. The van der Waals surface area contributed by atoms with Gasteiger partial charge < -0.3 is 83.2 Å². The van der Waals surface area contributed by atoms with Gasteiger partial charge in [0.15, 0.2) is 30.5 Å². The molecule has 3 heterocycles. The number of nitrogens with zero attached hydrogens (tertiary/aromatic N) is 1. The van der Waals surface area contributed by atoms with Gasteiger partial charge in [0, 0.05) is 38.1 Å². The lowest BCUT2D eigenvalue weighted by Crippen LogP contribution is -2.67. The van der Waals surface area contributed by atoms with Crippen LogP contribution in [0.2, 0.25) is 0 Å². The molecule has 16 N–H and O–H groups in total. The van der Waals surface area contributed by atoms with E-state index in [1.807, 2.05) is 0 Å². The molecule has 19 heteroatoms. The van der Waals surface area contributed by atoms with E-state index in [9.17, 15) is 30.3 Å². The average Bonchev–Trinajstić information content (AvgIpc) is 3.58. The van der Waals surface area contributed by atoms with Gasteiger partial charge >= 0.3 is 0 Å². The molecular weight excluding hydrogens is 641 g/mol. The maximum absolute atomic E-state index is 16.6. The minimum absolute atomic E-state index is 0.0103. The third-order valence-electron chi connectivity index (χ3n) is 9.52. The molecule has 7 unspecified atom stereocenters. The van der Waals surface area contributed by atoms with Crippen LogP contribution in [0.1, 0.15) is 32.1 Å². The Balaban J connectivity index is 1.55. The number of hydrogen-bond acceptors (Lipinski definition) is 16. The fourth-order valence-corrected chi connectivity index (χ4v) is 6.68. The predicted octanol–water partition coefficient (Wildman–Crippen LogP) is -5.38. The number of halogens is 1. The van der Waals surface area contributed by atoms with Crippen molar-refractivity contribution >= 4 is 11.7 Å². The number of ether oxygens (including phenoxy) is 5. The van der Waals surface area contributed by atoms with Gasteiger partial charge in [-0.2, -0.15) is 0 Å². The number of aliphatic imine (C=N–C) groups is 1. The number of alkyl halides is 1. The minimum Gasteiger partial charge on any atom is -0.394 e. The smallest absolute Gasteiger partial charge is 0.188 e. The molecule has 4 rings (SSSR count). The van der Waals surface area contributed by atoms with Gasteiger partial charge in [-0.3, -0.25) is 9.79 Å². The number of carbonyl (C=O) groups is 1. The Bertz CT molecular complexity index is 1050. The van der Waals surface area contributed by atoms with Crippen LogP contribution < -0.4 is 34.0 Å². The van der Waals surface area contributed by atoms with Gasteiger partial charge in [0.05, 0.1) is 43.6 Å². The minimum atomic E-state index is -2.06. The number of nitrogens with one attached hydrogen (secondary N) is 1. The van der Waals surface area contributed by atoms with E-state index >= 15 is 4.39 Å². The second-order valence-electron chi connectivity index (χ2n) is 13.1. The molecule has 16 atom stereocenters. The largest absolute Gasteiger partial charge is 0.394 e. The van der Waals surface area contributed by atoms with Crippen molar-refractivity contribution in [2.75, 3.05) is 39.5 Å². The highest BCUT2D eigenvalue weighted by atomic mass is 19.1. The van der Waals surface area contributed by atoms with Crippen molar-refractivity contribution in [3.8, 4) is 0 Å². The third kappa shape index (κ3) is 9.55. The number of guanidine groups is 1. The molecule has 0 aromatic rings. The van der Waals surface area contributed by atoms with Crippen molar-refractivity contribution in [2.45, 2.75) is 118 Å². The lowest BCUT2D eigenvalue weighted by atomic mass is 9.77. The highest BCUT2D eigenvalue weighted by Gasteiger charge is 2.52. The first-order valence-corrected chi connectivity index (χ1v) is 16.6. The Labute approximate surface area is 278 Å². The summed E-state index contributed by atoms with van der Waals surface area (Å²) in [5, 5.41) is 55.5. The number of hydrogen-bond donors (Lipinski definition) is 11. The molecule has 4 aliphatic rings. The summed E-state index contributed by atoms with van der Waals surface area (Å²) in [5.74, 6) is -1.48. The molecule has 0 aromatic carbocycles. The topological polar surface area (TPSA) is 319 Å². The molecule has 0 aromatic heterocycles. The molecule has 18 nitrogen and oxygen atoms in total. The molecule has 0 amide bonds. The Kier molecular flexibility index (Phi) is 14.7. The average molecular weight is 696 g/mol. The van der Waals surface area contributed by atoms with Crippen LogP contribution in [-0.4, -0.2) is 162 Å². The summed E-state index contributed by atoms with van der Waals surface area (Å²) in [5.41, 5.74) is 29.8. The van der Waals surface area contributed by atoms with Crippen molar-refractivity contribution in [3.05, 3.63) is 0 Å². The van der Waals surface area contributed by atoms with E-state index in [1.165, 1.54) is 0 Å². The van der Waals surface area contributed by atoms with Gasteiger partial charge in [-0.25, -0.2) is 4.39 Å². The Morgan fingerprint density at radius 3 is 2.38 bits per heavy atom. The van der Waals surface area contributed by atoms with Gasteiger partial charge in [-0.15, -0.1) is 0 Å². The number of ketones is 1. The van der Waals surface area contributed by atoms with Crippen molar-refractivity contribution in [2.24, 2.45) is 45.5 Å². The molecule has 1 aliphatic carbocycles. The Morgan fingerprint density at radius 2 is 1.73 bits per heavy atom. The van der Waals surface area contributed by atoms with Crippen molar-refractivity contribution in [1.82, 2.24) is 5.32 Å². The fraction of sp³-hybridized carbons (Fsp3) is 0.931. The fourth-order valence-electron chi connectivity index (χ4n) is 6.68. The number of aliphatic hydroxyl groups excluding tert-OH is 5. The molecule has 48 heavy (non-hydrogen) atoms. The summed E-state index contributed by atoms with van der Waals surface area (Å²) in [4.78, 5) is 17.2. The van der Waals surface area contributed by atoms with Crippen LogP contribution in [0.25, 0.3) is 0 Å². The van der Waals surface area contributed by atoms with Crippen molar-refractivity contribution in [1.29, 1.82) is 0 Å². The number of nitrogens with two attached hydrogens (primary N) is 5. The summed E-state index contributed by atoms with van der Waals surface area (Å²) in [7, 11) is 0. The molecule has 0 bridgehead atoms. The molecule has 3 saturated heterocycles. The first kappa shape index (κ1) is 39.1. The van der Waals surface area contributed by atoms with Crippen LogP contribution >= 0.6 is 0 Å². The van der Waals surface area contributed by atoms with Crippen molar-refractivity contribution in [3.63, 3.8) is 0 Å². The van der Waals surface area contributed by atoms with Crippen LogP contribution in [0.15, 0.2) is 4.99 Å². The van der Waals surface area contributed by atoms with E-state index in [0.29, 0.717) is 19.8 Å². The summed E-state index contributed by atoms with van der Waals surface area (Å²) >= 11 is 0. The molecule has 4 fully saturated rings. The first-order chi connectivity index (χ1) is 22.9. The second-order valence-corrected chi connectivity index (χ2v) is 13.1. The van der Waals surface area contributed by atoms with Crippen LogP contribution in [0.3, 0.4) is 0 Å². The van der Waals surface area contributed by atoms with Crippen LogP contribution in [0.5, 0.6) is 0 Å². The van der Waals surface area contributed by atoms with Crippen LogP contribution in [0, 0.1) is 11.8 Å². The SMILES string of the molecule is NCC[C@H](O)C(=O)C[C@@H]1CC(N)[C@@H](O[C@H]2OC(CN)[C@@H](O)CC2N)[C@H](F)C1OC1O[C@H](CO)[C@@H](O)C(NC(N)=NCC2CCOC2)[C@H]1O. The van der Waals surface area contributed by atoms with E-state index in [2.05, 4.69) is 10.3 Å². The van der Waals surface area contributed by atoms with Gasteiger partial charge in [0.25, 0.3) is 0 Å². The zero-order valence-corrected chi connectivity index (χ0v) is 26.9. The molecule has 1 saturated carbocycles. The standard InChI is InChI=1S/C29H54FN7O11/c30-21-25(47-28-24(43)22(23(42)20(10-38)46-28)37-29(35)36-9-12-2-4-44-11-12)13(6-17(40)16(39)1-3-31)5-14(33)26(21)48-27-15(34)7-18(41)19(8-32)45-27/h12-16,18-28,38-39,41-43H,1-11,31-34H2,(H3,35,36,37)/t12?,13-,14?,15?,16-,18-,19?,20+,21+,22?,23+,24+,25?,26+,27+,28?/m0/s1. The molecular formula is C29H54FN7O11. The summed E-state index contributed by atoms with van der Waals surface area (Å²) in [6, 6.07) is -3.11. The number of carbonyl (C=O) groups excluding carboxylic acids is 1. The zero-order chi connectivity index (χ0) is 35.1. The van der Waals surface area contributed by atoms with E-state index in [-0.39, 0.29) is 50.7 Å². The Morgan fingerprint density at radius 1 is 1.02 bits per heavy atom. The van der Waals surface area contributed by atoms with E-state index in [4.69, 9.17) is 52.4 Å². The highest BCUT2D eigenvalue weighted by molar-refractivity contribution is 5.83. The first-order valence-electron chi connectivity index (χ1n) is 16.6. The number of rotatable bonds is 14. The van der Waals surface area contributed by atoms with Gasteiger partial charge in [-0.1, -0.05) is 0 Å². The normalized spacial score (nSPS) is 43.2. The predicted molar refractivity (Wildman–Crippen MR) is 166 cm³/mol. The number of aliphatic hydroxyl groups is 5. The highest BCUT2D eigenvalue weighted by Crippen LogP contribution is 2.37. The van der Waals surface area contributed by atoms with Gasteiger partial charge in [-0.05, 0) is 38.1 Å². The zero-order valence-electron chi connectivity index (χ0n) is 26.9. The number of Topliss-reactive ketones (excluding diaryl/α,β-unsaturated/α-hetero) is 1. The van der Waals surface area contributed by atoms with E-state index in [0.717, 1.165) is 6.42 Å². The van der Waals surface area contributed by atoms with Crippen molar-refractivity contribution < 1.29 is 58.4 Å². The maximum atomic E-state index is 16.6. The van der Waals surface area contributed by atoms with Crippen LogP contribution in [-0.2, 0) is 28.5 Å². The summed E-state index contributed by atoms with van der Waals surface area (Å²) in [6.07, 6.45) is -14.9. The quantitative estimate of drug-likeness (QED) is 0.0597. The summed E-state index contributed by atoms with van der Waals surface area (Å²) < 4.78 is 45.4. The lowest BCUT2D eigenvalue weighted by Gasteiger charge is -2.48. The molecule has 3 aliphatic heterocycles. The van der Waals surface area contributed by atoms with Gasteiger partial charge in [0.1, 0.15) is 30.5 Å². The maximum Gasteiger partial charge on any atom is 0.188 e. The molecule has 278 valence electrons.